The molecule has 5 heteroatoms. The smallest absolute Gasteiger partial charge is 0.321 e. The molecule has 4 aliphatic heterocycles. The number of benzene rings is 1. The van der Waals surface area contributed by atoms with Crippen molar-refractivity contribution in [2.24, 2.45) is 11.3 Å². The van der Waals surface area contributed by atoms with Crippen LogP contribution in [0.1, 0.15) is 30.6 Å². The Morgan fingerprint density at radius 1 is 1.38 bits per heavy atom. The second-order valence-corrected chi connectivity index (χ2v) is 7.67. The largest absolute Gasteiger partial charge is 0.468 e. The standard InChI is InChI=1S/C21H22N2O3/c1-3-12-10-23-17-9-15(12)21(11-24,20(25)26-2)18(23)8-14-13-6-4-5-7-16(13)22-19(14)17/h3-7,11,15,17-18,22H,8-10H2,1-2H3/t15-,17-,18+,21+/m0/s1. The summed E-state index contributed by atoms with van der Waals surface area (Å²) in [7, 11) is 1.39. The molecule has 5 atom stereocenters. The van der Waals surface area contributed by atoms with Crippen LogP contribution >= 0.6 is 0 Å². The number of aromatic nitrogens is 1. The van der Waals surface area contributed by atoms with E-state index >= 15 is 0 Å². The molecule has 4 aliphatic rings. The number of H-pyrrole nitrogens is 1. The van der Waals surface area contributed by atoms with Crippen molar-refractivity contribution < 1.29 is 14.3 Å². The van der Waals surface area contributed by atoms with Gasteiger partial charge in [0.2, 0.25) is 0 Å². The topological polar surface area (TPSA) is 62.4 Å². The summed E-state index contributed by atoms with van der Waals surface area (Å²) in [6.07, 6.45) is 4.40. The van der Waals surface area contributed by atoms with Crippen molar-refractivity contribution in [3.05, 3.63) is 47.2 Å². The molecule has 0 saturated carbocycles. The zero-order valence-corrected chi connectivity index (χ0v) is 15.0. The Morgan fingerprint density at radius 3 is 2.92 bits per heavy atom. The van der Waals surface area contributed by atoms with Gasteiger partial charge in [-0.05, 0) is 31.4 Å². The van der Waals surface area contributed by atoms with Gasteiger partial charge < -0.3 is 14.5 Å². The van der Waals surface area contributed by atoms with Crippen LogP contribution in [0.2, 0.25) is 0 Å². The number of carbonyl (C=O) groups is 2. The molecule has 0 spiro atoms. The van der Waals surface area contributed by atoms with E-state index in [4.69, 9.17) is 4.74 Å². The van der Waals surface area contributed by atoms with E-state index in [2.05, 4.69) is 28.1 Å². The average Bonchev–Trinajstić information content (AvgIpc) is 3.06. The number of ether oxygens (including phenoxy) is 1. The van der Waals surface area contributed by atoms with Gasteiger partial charge in [-0.2, -0.15) is 0 Å². The van der Waals surface area contributed by atoms with Crippen molar-refractivity contribution in [3.63, 3.8) is 0 Å². The molecule has 2 aromatic rings. The number of allylic oxidation sites excluding steroid dienone is 1. The highest BCUT2D eigenvalue weighted by Crippen LogP contribution is 2.59. The Labute approximate surface area is 152 Å². The number of rotatable bonds is 2. The van der Waals surface area contributed by atoms with Crippen molar-refractivity contribution in [3.8, 4) is 0 Å². The van der Waals surface area contributed by atoms with Crippen LogP contribution < -0.4 is 0 Å². The van der Waals surface area contributed by atoms with E-state index in [1.165, 1.54) is 29.3 Å². The molecule has 26 heavy (non-hydrogen) atoms. The molecule has 6 rings (SSSR count). The van der Waals surface area contributed by atoms with Gasteiger partial charge in [-0.15, -0.1) is 0 Å². The number of nitrogens with one attached hydrogen (secondary N) is 1. The first-order valence-corrected chi connectivity index (χ1v) is 9.20. The lowest BCUT2D eigenvalue weighted by Gasteiger charge is -2.61. The molecule has 3 fully saturated rings. The second kappa shape index (κ2) is 5.30. The number of nitrogens with zero attached hydrogens (tertiary/aromatic N) is 1. The van der Waals surface area contributed by atoms with Crippen LogP contribution in [0.3, 0.4) is 0 Å². The van der Waals surface area contributed by atoms with Gasteiger partial charge in [0, 0.05) is 35.1 Å². The first kappa shape index (κ1) is 15.8. The molecule has 5 nitrogen and oxygen atoms in total. The van der Waals surface area contributed by atoms with E-state index in [0.29, 0.717) is 6.42 Å². The Bertz CT molecular complexity index is 959. The third-order valence-corrected chi connectivity index (χ3v) is 6.88. The molecule has 0 radical (unpaired) electrons. The molecule has 5 heterocycles. The summed E-state index contributed by atoms with van der Waals surface area (Å²) in [5.74, 6) is -0.481. The summed E-state index contributed by atoms with van der Waals surface area (Å²) in [4.78, 5) is 31.2. The van der Waals surface area contributed by atoms with Gasteiger partial charge in [0.05, 0.1) is 13.2 Å². The van der Waals surface area contributed by atoms with Crippen molar-refractivity contribution in [1.82, 2.24) is 9.88 Å². The first-order chi connectivity index (χ1) is 12.7. The van der Waals surface area contributed by atoms with Crippen LogP contribution in [-0.4, -0.2) is 41.8 Å². The van der Waals surface area contributed by atoms with E-state index in [1.54, 1.807) is 0 Å². The second-order valence-electron chi connectivity index (χ2n) is 7.67. The minimum absolute atomic E-state index is 0.0861. The molecule has 4 bridgehead atoms. The highest BCUT2D eigenvalue weighted by atomic mass is 16.5. The van der Waals surface area contributed by atoms with Crippen LogP contribution in [-0.2, 0) is 20.7 Å². The number of piperidine rings is 3. The van der Waals surface area contributed by atoms with Crippen molar-refractivity contribution in [2.75, 3.05) is 13.7 Å². The zero-order chi connectivity index (χ0) is 18.1. The SMILES string of the molecule is CC=C1CN2[C@H]3C[C@@H]1[C@@](C=O)(C(=O)OC)[C@H]2Cc1c3[nH]c2ccccc12. The summed E-state index contributed by atoms with van der Waals surface area (Å²) >= 11 is 0. The molecular formula is C21H22N2O3. The van der Waals surface area contributed by atoms with Crippen LogP contribution in [0.25, 0.3) is 10.9 Å². The van der Waals surface area contributed by atoms with Crippen molar-refractivity contribution in [2.45, 2.75) is 31.8 Å². The van der Waals surface area contributed by atoms with E-state index < -0.39 is 11.4 Å². The van der Waals surface area contributed by atoms with E-state index in [1.807, 2.05) is 19.1 Å². The fourth-order valence-corrected chi connectivity index (χ4v) is 5.72. The molecule has 1 aromatic heterocycles. The molecule has 1 unspecified atom stereocenters. The summed E-state index contributed by atoms with van der Waals surface area (Å²) in [6.45, 7) is 2.81. The van der Waals surface area contributed by atoms with E-state index in [9.17, 15) is 9.59 Å². The number of hydrogen-bond acceptors (Lipinski definition) is 4. The van der Waals surface area contributed by atoms with Gasteiger partial charge >= 0.3 is 5.97 Å². The number of hydrogen-bond donors (Lipinski definition) is 1. The summed E-state index contributed by atoms with van der Waals surface area (Å²) in [5, 5.41) is 1.20. The van der Waals surface area contributed by atoms with E-state index in [-0.39, 0.29) is 18.0 Å². The fraction of sp³-hybridized carbons (Fsp3) is 0.429. The number of fused-ring (bicyclic) bond motifs is 4. The lowest BCUT2D eigenvalue weighted by molar-refractivity contribution is -0.176. The average molecular weight is 350 g/mol. The third kappa shape index (κ3) is 1.69. The normalized spacial score (nSPS) is 36.2. The maximum absolute atomic E-state index is 12.9. The Kier molecular flexibility index (Phi) is 3.23. The molecule has 1 N–H and O–H groups in total. The van der Waals surface area contributed by atoms with Gasteiger partial charge in [-0.1, -0.05) is 29.8 Å². The molecule has 0 aliphatic carbocycles. The summed E-state index contributed by atoms with van der Waals surface area (Å²) in [5.41, 5.74) is 3.70. The quantitative estimate of drug-likeness (QED) is 0.392. The minimum atomic E-state index is -1.11. The fourth-order valence-electron chi connectivity index (χ4n) is 5.72. The lowest BCUT2D eigenvalue weighted by atomic mass is 9.55. The molecule has 1 aromatic carbocycles. The molecule has 0 amide bonds. The Morgan fingerprint density at radius 2 is 2.19 bits per heavy atom. The number of aromatic amines is 1. The highest BCUT2D eigenvalue weighted by Gasteiger charge is 2.65. The first-order valence-electron chi connectivity index (χ1n) is 9.20. The van der Waals surface area contributed by atoms with Gasteiger partial charge in [0.15, 0.2) is 0 Å². The number of carbonyl (C=O) groups excluding carboxylic acids is 2. The molecule has 3 saturated heterocycles. The third-order valence-electron chi connectivity index (χ3n) is 6.88. The lowest BCUT2D eigenvalue weighted by Crippen LogP contribution is -2.69. The van der Waals surface area contributed by atoms with Crippen LogP contribution in [0.4, 0.5) is 0 Å². The summed E-state index contributed by atoms with van der Waals surface area (Å²) in [6, 6.07) is 8.37. The van der Waals surface area contributed by atoms with Crippen molar-refractivity contribution in [1.29, 1.82) is 0 Å². The van der Waals surface area contributed by atoms with E-state index in [0.717, 1.165) is 24.8 Å². The van der Waals surface area contributed by atoms with Gasteiger partial charge in [-0.3, -0.25) is 9.69 Å². The van der Waals surface area contributed by atoms with Gasteiger partial charge in [-0.25, -0.2) is 0 Å². The van der Waals surface area contributed by atoms with Crippen molar-refractivity contribution >= 4 is 23.2 Å². The van der Waals surface area contributed by atoms with Gasteiger partial charge in [0.1, 0.15) is 11.7 Å². The maximum atomic E-state index is 12.9. The van der Waals surface area contributed by atoms with Crippen LogP contribution in [0, 0.1) is 11.3 Å². The van der Waals surface area contributed by atoms with Gasteiger partial charge in [0.25, 0.3) is 0 Å². The molecular weight excluding hydrogens is 328 g/mol. The predicted octanol–water partition coefficient (Wildman–Crippen LogP) is 2.77. The monoisotopic (exact) mass is 350 g/mol. The van der Waals surface area contributed by atoms with Crippen LogP contribution in [0.15, 0.2) is 35.9 Å². The number of aldehydes is 1. The molecule has 134 valence electrons. The summed E-state index contributed by atoms with van der Waals surface area (Å²) < 4.78 is 5.15. The number of para-hydroxylation sites is 1. The number of methoxy groups -OCH3 is 1. The number of esters is 1. The Balaban J connectivity index is 1.74. The van der Waals surface area contributed by atoms with Crippen LogP contribution in [0.5, 0.6) is 0 Å². The zero-order valence-electron chi connectivity index (χ0n) is 15.0. The predicted molar refractivity (Wildman–Crippen MR) is 97.6 cm³/mol. The maximum Gasteiger partial charge on any atom is 0.321 e. The highest BCUT2D eigenvalue weighted by molar-refractivity contribution is 5.96. The minimum Gasteiger partial charge on any atom is -0.468 e. The Hall–Kier alpha value is -2.40.